The highest BCUT2D eigenvalue weighted by Crippen LogP contribution is 2.42. The minimum atomic E-state index is -2.14. The van der Waals surface area contributed by atoms with Crippen LogP contribution in [-0.2, 0) is 5.91 Å². The number of rotatable bonds is 8. The molecule has 4 aromatic rings. The molecule has 0 radical (unpaired) electrons. The first-order valence-corrected chi connectivity index (χ1v) is 13.3. The van der Waals surface area contributed by atoms with E-state index in [-0.39, 0.29) is 18.7 Å². The van der Waals surface area contributed by atoms with Crippen LogP contribution in [0.3, 0.4) is 0 Å². The van der Waals surface area contributed by atoms with Gasteiger partial charge in [-0.1, -0.05) is 0 Å². The molecule has 2 atom stereocenters. The lowest BCUT2D eigenvalue weighted by atomic mass is 9.85. The Hall–Kier alpha value is -4.28. The lowest BCUT2D eigenvalue weighted by molar-refractivity contribution is -0.328. The van der Waals surface area contributed by atoms with Gasteiger partial charge in [-0.3, -0.25) is 0 Å². The first-order chi connectivity index (χ1) is 19.6. The van der Waals surface area contributed by atoms with Gasteiger partial charge in [0.2, 0.25) is 5.88 Å². The number of nitriles is 1. The Morgan fingerprint density at radius 3 is 2.44 bits per heavy atom. The molecule has 12 heteroatoms. The number of pyridine rings is 3. The summed E-state index contributed by atoms with van der Waals surface area (Å²) in [7, 11) is 1.51. The Kier molecular flexibility index (Phi) is 6.55. The topological polar surface area (TPSA) is 152 Å². The van der Waals surface area contributed by atoms with Crippen molar-refractivity contribution >= 4 is 11.3 Å². The number of methoxy groups -OCH3 is 1. The van der Waals surface area contributed by atoms with Gasteiger partial charge in [-0.05, 0) is 44.5 Å². The number of hydrogen-bond donors (Lipinski definition) is 3. The van der Waals surface area contributed by atoms with E-state index in [9.17, 15) is 20.6 Å². The third kappa shape index (κ3) is 4.93. The van der Waals surface area contributed by atoms with Gasteiger partial charge < -0.3 is 29.7 Å². The Morgan fingerprint density at radius 2 is 1.83 bits per heavy atom. The molecule has 0 amide bonds. The van der Waals surface area contributed by atoms with E-state index in [0.717, 1.165) is 23.4 Å². The Labute approximate surface area is 236 Å². The highest BCUT2D eigenvalue weighted by atomic mass is 16.5. The molecule has 4 aromatic heterocycles. The number of anilines is 1. The smallest absolute Gasteiger partial charge is 0.255 e. The number of piperidine rings is 1. The van der Waals surface area contributed by atoms with Gasteiger partial charge in [-0.25, -0.2) is 19.4 Å². The average Bonchev–Trinajstić information content (AvgIpc) is 3.38. The van der Waals surface area contributed by atoms with E-state index in [1.54, 1.807) is 47.8 Å². The molecular weight excluding hydrogens is 526 g/mol. The molecule has 0 spiro atoms. The summed E-state index contributed by atoms with van der Waals surface area (Å²) in [5.41, 5.74) is 1.87. The summed E-state index contributed by atoms with van der Waals surface area (Å²) in [6.07, 6.45) is 7.22. The van der Waals surface area contributed by atoms with Crippen LogP contribution < -0.4 is 14.4 Å². The maximum atomic E-state index is 11.0. The van der Waals surface area contributed by atoms with Crippen LogP contribution in [0.4, 0.5) is 5.82 Å². The van der Waals surface area contributed by atoms with Crippen molar-refractivity contribution in [3.8, 4) is 28.8 Å². The van der Waals surface area contributed by atoms with Gasteiger partial charge in [-0.2, -0.15) is 10.4 Å². The van der Waals surface area contributed by atoms with Crippen LogP contribution in [0.15, 0.2) is 55.1 Å². The molecule has 212 valence electrons. The highest BCUT2D eigenvalue weighted by molar-refractivity contribution is 5.85. The molecule has 7 rings (SSSR count). The third-order valence-electron chi connectivity index (χ3n) is 7.57. The molecule has 3 aliphatic rings. The van der Waals surface area contributed by atoms with Crippen molar-refractivity contribution < 1.29 is 24.8 Å². The molecule has 3 N–H and O–H groups in total. The Balaban J connectivity index is 1.22. The summed E-state index contributed by atoms with van der Waals surface area (Å²) in [4.78, 5) is 12.7. The van der Waals surface area contributed by atoms with Crippen LogP contribution in [0, 0.1) is 11.3 Å². The number of hydrogen-bond acceptors (Lipinski definition) is 11. The zero-order valence-corrected chi connectivity index (χ0v) is 23.0. The molecule has 3 aliphatic heterocycles. The molecule has 7 heterocycles. The van der Waals surface area contributed by atoms with Crippen molar-refractivity contribution in [3.63, 3.8) is 0 Å². The number of piperazine rings is 1. The Morgan fingerprint density at radius 1 is 1.05 bits per heavy atom. The number of nitrogens with zero attached hydrogens (tertiary/aromatic N) is 7. The van der Waals surface area contributed by atoms with E-state index in [0.29, 0.717) is 41.4 Å². The monoisotopic (exact) mass is 557 g/mol. The van der Waals surface area contributed by atoms with Gasteiger partial charge in [-0.15, -0.1) is 0 Å². The first-order valence-electron chi connectivity index (χ1n) is 13.3. The Bertz CT molecular complexity index is 1590. The summed E-state index contributed by atoms with van der Waals surface area (Å²) in [6, 6.07) is 11.0. The summed E-state index contributed by atoms with van der Waals surface area (Å²) in [6.45, 7) is 4.59. The average molecular weight is 558 g/mol. The zero-order chi connectivity index (χ0) is 28.9. The minimum Gasteiger partial charge on any atom is -0.489 e. The fourth-order valence-electron chi connectivity index (χ4n) is 5.62. The molecule has 0 aromatic carbocycles. The van der Waals surface area contributed by atoms with Crippen LogP contribution in [-0.4, -0.2) is 84.3 Å². The van der Waals surface area contributed by atoms with E-state index in [1.165, 1.54) is 19.5 Å². The van der Waals surface area contributed by atoms with Crippen LogP contribution in [0.25, 0.3) is 16.6 Å². The van der Waals surface area contributed by atoms with Crippen molar-refractivity contribution in [1.82, 2.24) is 24.5 Å². The van der Waals surface area contributed by atoms with Crippen molar-refractivity contribution in [2.24, 2.45) is 0 Å². The van der Waals surface area contributed by atoms with Gasteiger partial charge in [0.1, 0.15) is 24.2 Å². The van der Waals surface area contributed by atoms with E-state index >= 15 is 0 Å². The van der Waals surface area contributed by atoms with E-state index in [1.807, 2.05) is 18.2 Å². The van der Waals surface area contributed by atoms with Gasteiger partial charge in [0.15, 0.2) is 0 Å². The summed E-state index contributed by atoms with van der Waals surface area (Å²) in [5, 5.41) is 46.1. The molecule has 2 bridgehead atoms. The predicted molar refractivity (Wildman–Crippen MR) is 148 cm³/mol. The highest BCUT2D eigenvalue weighted by Gasteiger charge is 2.54. The molecule has 3 fully saturated rings. The van der Waals surface area contributed by atoms with Crippen molar-refractivity contribution in [2.45, 2.75) is 43.9 Å². The lowest BCUT2D eigenvalue weighted by Gasteiger charge is -2.60. The number of aromatic nitrogens is 4. The predicted octanol–water partition coefficient (Wildman–Crippen LogP) is 1.88. The second-order valence-electron chi connectivity index (χ2n) is 11.1. The molecule has 41 heavy (non-hydrogen) atoms. The lowest BCUT2D eigenvalue weighted by Crippen LogP contribution is -2.74. The van der Waals surface area contributed by atoms with E-state index in [2.05, 4.69) is 21.1 Å². The summed E-state index contributed by atoms with van der Waals surface area (Å²) < 4.78 is 12.5. The largest absolute Gasteiger partial charge is 0.489 e. The van der Waals surface area contributed by atoms with Gasteiger partial charge in [0.25, 0.3) is 5.91 Å². The number of ether oxygens (including phenoxy) is 2. The van der Waals surface area contributed by atoms with Crippen LogP contribution in [0.1, 0.15) is 31.4 Å². The van der Waals surface area contributed by atoms with Crippen molar-refractivity contribution in [2.75, 3.05) is 31.7 Å². The number of aliphatic hydroxyl groups is 3. The van der Waals surface area contributed by atoms with Crippen molar-refractivity contribution in [3.05, 3.63) is 66.2 Å². The summed E-state index contributed by atoms with van der Waals surface area (Å²) in [5.74, 6) is -0.453. The second kappa shape index (κ2) is 9.97. The third-order valence-corrected chi connectivity index (χ3v) is 7.57. The van der Waals surface area contributed by atoms with E-state index < -0.39 is 11.5 Å². The molecule has 3 saturated heterocycles. The van der Waals surface area contributed by atoms with Gasteiger partial charge in [0.05, 0.1) is 36.2 Å². The number of fused-ring (bicyclic) bond motifs is 3. The summed E-state index contributed by atoms with van der Waals surface area (Å²) >= 11 is 0. The van der Waals surface area contributed by atoms with Crippen LogP contribution in [0.2, 0.25) is 0 Å². The zero-order valence-electron chi connectivity index (χ0n) is 23.0. The van der Waals surface area contributed by atoms with Crippen LogP contribution >= 0.6 is 0 Å². The van der Waals surface area contributed by atoms with E-state index in [4.69, 9.17) is 14.5 Å². The molecule has 2 unspecified atom stereocenters. The fourth-order valence-corrected chi connectivity index (χ4v) is 5.62. The molecular formula is C29H31N7O5. The van der Waals surface area contributed by atoms with Gasteiger partial charge >= 0.3 is 0 Å². The van der Waals surface area contributed by atoms with Crippen molar-refractivity contribution in [1.29, 1.82) is 5.26 Å². The quantitative estimate of drug-likeness (QED) is 0.272. The SMILES string of the molecule is COc1ccc(C(O)(O)N2C3CC2CN(c2ccc(-c4cc(OCC(C)(C)O)cn5ncc(C#N)c45)cn2)C3)cn1. The maximum absolute atomic E-state index is 11.0. The molecule has 12 nitrogen and oxygen atoms in total. The van der Waals surface area contributed by atoms with Crippen LogP contribution in [0.5, 0.6) is 11.6 Å². The molecule has 0 saturated carbocycles. The molecule has 0 aliphatic carbocycles. The maximum Gasteiger partial charge on any atom is 0.255 e. The normalized spacial score (nSPS) is 19.1. The second-order valence-corrected chi connectivity index (χ2v) is 11.1. The standard InChI is InChI=1S/C29H31N7O5/c1-28(2,37)17-41-23-9-24(27-19(10-30)12-33-35(27)16-23)18-4-6-25(31-11-18)34-14-21-8-22(15-34)36(21)29(38,39)20-5-7-26(40-3)32-13-20/h4-7,9,11-13,16,21-22,37-39H,8,14-15,17H2,1-3H3. The fraction of sp³-hybridized carbons (Fsp3) is 0.379. The first kappa shape index (κ1) is 26.9. The van der Waals surface area contributed by atoms with Gasteiger partial charge in [0, 0.05) is 60.3 Å². The minimum absolute atomic E-state index is 0.0680.